The molecule has 182 valence electrons. The first-order valence-corrected chi connectivity index (χ1v) is 10.5. The number of aromatic carboxylic acids is 1. The van der Waals surface area contributed by atoms with Gasteiger partial charge in [-0.25, -0.2) is 10.2 Å². The number of carbonyl (C=O) groups excluding carboxylic acids is 1. The van der Waals surface area contributed by atoms with Crippen molar-refractivity contribution < 1.29 is 33.5 Å². The van der Waals surface area contributed by atoms with Gasteiger partial charge in [-0.3, -0.25) is 14.9 Å². The zero-order valence-corrected chi connectivity index (χ0v) is 18.8. The van der Waals surface area contributed by atoms with Gasteiger partial charge in [0.1, 0.15) is 12.2 Å². The monoisotopic (exact) mass is 489 g/mol. The standard InChI is InChI=1S/C25H19N3O8/c1-34-22-10-16(4-8-21(22)35-14-15-2-5-17(6-3-15)25(30)31)13-26-27-24(29)23-12-18-11-19(28(32)33)7-9-20(18)36-23/h2-13H,14H2,1H3,(H,27,29)(H,30,31)/b26-13+. The number of ether oxygens (including phenoxy) is 2. The highest BCUT2D eigenvalue weighted by atomic mass is 16.6. The van der Waals surface area contributed by atoms with Gasteiger partial charge in [-0.05, 0) is 53.6 Å². The number of carbonyl (C=O) groups is 2. The van der Waals surface area contributed by atoms with Gasteiger partial charge in [0.15, 0.2) is 17.3 Å². The summed E-state index contributed by atoms with van der Waals surface area (Å²) in [7, 11) is 1.48. The van der Waals surface area contributed by atoms with Crippen molar-refractivity contribution in [1.82, 2.24) is 5.43 Å². The fourth-order valence-electron chi connectivity index (χ4n) is 3.27. The number of methoxy groups -OCH3 is 1. The second kappa shape index (κ2) is 10.4. The SMILES string of the molecule is COc1cc(/C=N/NC(=O)c2cc3cc([N+](=O)[O-])ccc3o2)ccc1OCc1ccc(C(=O)O)cc1. The molecule has 0 aliphatic rings. The van der Waals surface area contributed by atoms with Crippen LogP contribution in [0.3, 0.4) is 0 Å². The number of nitrogens with zero attached hydrogens (tertiary/aromatic N) is 2. The van der Waals surface area contributed by atoms with E-state index in [1.54, 1.807) is 30.3 Å². The molecular weight excluding hydrogens is 470 g/mol. The van der Waals surface area contributed by atoms with Gasteiger partial charge in [0.2, 0.25) is 0 Å². The lowest BCUT2D eigenvalue weighted by atomic mass is 10.1. The Morgan fingerprint density at radius 2 is 1.86 bits per heavy atom. The molecule has 0 fully saturated rings. The second-order valence-corrected chi connectivity index (χ2v) is 7.49. The van der Waals surface area contributed by atoms with Crippen molar-refractivity contribution in [3.8, 4) is 11.5 Å². The van der Waals surface area contributed by atoms with Crippen LogP contribution in [0.2, 0.25) is 0 Å². The van der Waals surface area contributed by atoms with Crippen molar-refractivity contribution in [2.24, 2.45) is 5.10 Å². The van der Waals surface area contributed by atoms with Gasteiger partial charge in [0.05, 0.1) is 23.8 Å². The summed E-state index contributed by atoms with van der Waals surface area (Å²) in [5.41, 5.74) is 4.18. The van der Waals surface area contributed by atoms with E-state index in [0.29, 0.717) is 28.0 Å². The lowest BCUT2D eigenvalue weighted by molar-refractivity contribution is -0.384. The highest BCUT2D eigenvalue weighted by Crippen LogP contribution is 2.28. The smallest absolute Gasteiger partial charge is 0.335 e. The Morgan fingerprint density at radius 3 is 2.56 bits per heavy atom. The van der Waals surface area contributed by atoms with Gasteiger partial charge < -0.3 is 19.0 Å². The number of carboxylic acid groups (broad SMARTS) is 1. The van der Waals surface area contributed by atoms with Crippen LogP contribution in [0.1, 0.15) is 32.0 Å². The van der Waals surface area contributed by atoms with Gasteiger partial charge in [0, 0.05) is 17.5 Å². The summed E-state index contributed by atoms with van der Waals surface area (Å²) in [6.07, 6.45) is 1.41. The Kier molecular flexibility index (Phi) is 6.91. The maximum atomic E-state index is 12.3. The number of nitro benzene ring substituents is 1. The summed E-state index contributed by atoms with van der Waals surface area (Å²) >= 11 is 0. The van der Waals surface area contributed by atoms with Crippen LogP contribution in [-0.2, 0) is 6.61 Å². The molecule has 1 amide bonds. The summed E-state index contributed by atoms with van der Waals surface area (Å²) in [5, 5.41) is 24.2. The predicted octanol–water partition coefficient (Wildman–Crippen LogP) is 4.39. The average molecular weight is 489 g/mol. The topological polar surface area (TPSA) is 154 Å². The molecule has 3 aromatic carbocycles. The Bertz CT molecular complexity index is 1470. The van der Waals surface area contributed by atoms with Gasteiger partial charge >= 0.3 is 11.9 Å². The van der Waals surface area contributed by atoms with Crippen molar-refractivity contribution in [2.45, 2.75) is 6.61 Å². The van der Waals surface area contributed by atoms with Crippen LogP contribution in [0.4, 0.5) is 5.69 Å². The third-order valence-corrected chi connectivity index (χ3v) is 5.10. The molecule has 1 heterocycles. The molecule has 0 saturated carbocycles. The van der Waals surface area contributed by atoms with E-state index < -0.39 is 16.8 Å². The Morgan fingerprint density at radius 1 is 1.08 bits per heavy atom. The normalized spacial score (nSPS) is 10.9. The van der Waals surface area contributed by atoms with Crippen molar-refractivity contribution in [3.63, 3.8) is 0 Å². The number of amides is 1. The van der Waals surface area contributed by atoms with Crippen LogP contribution in [0.15, 0.2) is 76.2 Å². The molecule has 1 aromatic heterocycles. The maximum Gasteiger partial charge on any atom is 0.335 e. The number of hydrogen-bond donors (Lipinski definition) is 2. The minimum absolute atomic E-state index is 0.0413. The predicted molar refractivity (Wildman–Crippen MR) is 129 cm³/mol. The number of non-ortho nitro benzene ring substituents is 1. The fourth-order valence-corrected chi connectivity index (χ4v) is 3.27. The molecule has 11 heteroatoms. The number of benzene rings is 3. The fraction of sp³-hybridized carbons (Fsp3) is 0.0800. The molecule has 0 aliphatic carbocycles. The molecule has 4 rings (SSSR count). The zero-order chi connectivity index (χ0) is 25.7. The Balaban J connectivity index is 1.38. The van der Waals surface area contributed by atoms with E-state index in [9.17, 15) is 19.7 Å². The summed E-state index contributed by atoms with van der Waals surface area (Å²) in [4.78, 5) is 33.7. The minimum Gasteiger partial charge on any atom is -0.493 e. The molecule has 0 bridgehead atoms. The van der Waals surface area contributed by atoms with E-state index in [-0.39, 0.29) is 23.6 Å². The average Bonchev–Trinajstić information content (AvgIpc) is 3.31. The Hall–Kier alpha value is -5.19. The summed E-state index contributed by atoms with van der Waals surface area (Å²) in [5.74, 6) is -0.753. The molecule has 0 atom stereocenters. The van der Waals surface area contributed by atoms with Crippen molar-refractivity contribution >= 4 is 34.7 Å². The van der Waals surface area contributed by atoms with E-state index in [1.807, 2.05) is 0 Å². The van der Waals surface area contributed by atoms with Crippen LogP contribution in [0.5, 0.6) is 11.5 Å². The Labute approximate surface area is 203 Å². The third-order valence-electron chi connectivity index (χ3n) is 5.10. The van der Waals surface area contributed by atoms with Crippen LogP contribution >= 0.6 is 0 Å². The van der Waals surface area contributed by atoms with E-state index in [0.717, 1.165) is 5.56 Å². The van der Waals surface area contributed by atoms with Gasteiger partial charge in [-0.1, -0.05) is 12.1 Å². The first kappa shape index (κ1) is 24.0. The summed E-state index contributed by atoms with van der Waals surface area (Å²) in [6.45, 7) is 0.209. The number of fused-ring (bicyclic) bond motifs is 1. The molecule has 2 N–H and O–H groups in total. The van der Waals surface area contributed by atoms with E-state index in [2.05, 4.69) is 10.5 Å². The summed E-state index contributed by atoms with van der Waals surface area (Å²) in [6, 6.07) is 16.8. The third kappa shape index (κ3) is 5.47. The van der Waals surface area contributed by atoms with Crippen molar-refractivity contribution in [3.05, 3.63) is 99.3 Å². The molecule has 4 aromatic rings. The second-order valence-electron chi connectivity index (χ2n) is 7.49. The van der Waals surface area contributed by atoms with E-state index in [4.69, 9.17) is 19.0 Å². The van der Waals surface area contributed by atoms with Crippen molar-refractivity contribution in [1.29, 1.82) is 0 Å². The number of rotatable bonds is 9. The van der Waals surface area contributed by atoms with E-state index in [1.165, 1.54) is 49.7 Å². The van der Waals surface area contributed by atoms with Crippen LogP contribution < -0.4 is 14.9 Å². The number of hydrazone groups is 1. The lowest BCUT2D eigenvalue weighted by Gasteiger charge is -2.11. The summed E-state index contributed by atoms with van der Waals surface area (Å²) < 4.78 is 16.6. The molecule has 0 spiro atoms. The van der Waals surface area contributed by atoms with Crippen LogP contribution in [0, 0.1) is 10.1 Å². The number of nitrogens with one attached hydrogen (secondary N) is 1. The van der Waals surface area contributed by atoms with Gasteiger partial charge in [0.25, 0.3) is 5.69 Å². The highest BCUT2D eigenvalue weighted by Gasteiger charge is 2.14. The van der Waals surface area contributed by atoms with Gasteiger partial charge in [-0.2, -0.15) is 5.10 Å². The maximum absolute atomic E-state index is 12.3. The number of furan rings is 1. The van der Waals surface area contributed by atoms with E-state index >= 15 is 0 Å². The first-order valence-electron chi connectivity index (χ1n) is 10.5. The molecule has 0 unspecified atom stereocenters. The van der Waals surface area contributed by atoms with Gasteiger partial charge in [-0.15, -0.1) is 0 Å². The largest absolute Gasteiger partial charge is 0.493 e. The zero-order valence-electron chi connectivity index (χ0n) is 18.8. The molecule has 0 aliphatic heterocycles. The van der Waals surface area contributed by atoms with Crippen molar-refractivity contribution in [2.75, 3.05) is 7.11 Å². The highest BCUT2D eigenvalue weighted by molar-refractivity contribution is 5.97. The molecule has 0 saturated heterocycles. The quantitative estimate of drug-likeness (QED) is 0.199. The molecule has 36 heavy (non-hydrogen) atoms. The number of nitro groups is 1. The first-order chi connectivity index (χ1) is 17.3. The number of hydrogen-bond acceptors (Lipinski definition) is 8. The molecule has 0 radical (unpaired) electrons. The molecule has 11 nitrogen and oxygen atoms in total. The minimum atomic E-state index is -0.999. The number of carboxylic acids is 1. The van der Waals surface area contributed by atoms with Crippen LogP contribution in [-0.4, -0.2) is 35.2 Å². The van der Waals surface area contributed by atoms with Crippen LogP contribution in [0.25, 0.3) is 11.0 Å². The lowest BCUT2D eigenvalue weighted by Crippen LogP contribution is -2.16. The molecular formula is C25H19N3O8.